The van der Waals surface area contributed by atoms with Gasteiger partial charge < -0.3 is 20.5 Å². The highest BCUT2D eigenvalue weighted by atomic mass is 19.1. The van der Waals surface area contributed by atoms with E-state index in [1.807, 2.05) is 13.8 Å². The Morgan fingerprint density at radius 2 is 1.80 bits per heavy atom. The molecular weight excluding hydrogens is 519 g/mol. The van der Waals surface area contributed by atoms with Crippen molar-refractivity contribution in [1.82, 2.24) is 14.8 Å². The second-order valence-electron chi connectivity index (χ2n) is 8.86. The molecule has 206 valence electrons. The Bertz CT molecular complexity index is 1570. The van der Waals surface area contributed by atoms with Crippen LogP contribution in [0.1, 0.15) is 53.2 Å². The Morgan fingerprint density at radius 3 is 2.50 bits per heavy atom. The summed E-state index contributed by atoms with van der Waals surface area (Å²) in [6, 6.07) is 14.3. The van der Waals surface area contributed by atoms with Crippen molar-refractivity contribution in [2.45, 2.75) is 26.7 Å². The number of nitrogens with one attached hydrogen (secondary N) is 2. The molecule has 4 N–H and O–H groups in total. The summed E-state index contributed by atoms with van der Waals surface area (Å²) in [4.78, 5) is 40.2. The molecule has 0 aliphatic heterocycles. The zero-order valence-corrected chi connectivity index (χ0v) is 22.0. The lowest BCUT2D eigenvalue weighted by Gasteiger charge is -2.12. The summed E-state index contributed by atoms with van der Waals surface area (Å²) >= 11 is 0. The fraction of sp³-hybridized carbons (Fsp3) is 0.179. The van der Waals surface area contributed by atoms with Crippen molar-refractivity contribution >= 4 is 29.4 Å². The summed E-state index contributed by atoms with van der Waals surface area (Å²) in [6.45, 7) is 5.85. The highest BCUT2D eigenvalue weighted by molar-refractivity contribution is 5.99. The van der Waals surface area contributed by atoms with Gasteiger partial charge >= 0.3 is 12.0 Å². The highest BCUT2D eigenvalue weighted by Gasteiger charge is 2.17. The van der Waals surface area contributed by atoms with Gasteiger partial charge in [0.15, 0.2) is 0 Å². The minimum absolute atomic E-state index is 0.000383. The average Bonchev–Trinajstić information content (AvgIpc) is 3.34. The molecule has 0 fully saturated rings. The molecule has 0 atom stereocenters. The van der Waals surface area contributed by atoms with Gasteiger partial charge in [-0.15, -0.1) is 0 Å². The van der Waals surface area contributed by atoms with E-state index >= 15 is 0 Å². The topological polar surface area (TPSA) is 150 Å². The Balaban J connectivity index is 1.51. The van der Waals surface area contributed by atoms with E-state index in [9.17, 15) is 18.8 Å². The maximum Gasteiger partial charge on any atom is 0.338 e. The van der Waals surface area contributed by atoms with Gasteiger partial charge in [-0.3, -0.25) is 15.1 Å². The number of halogens is 1. The summed E-state index contributed by atoms with van der Waals surface area (Å²) in [7, 11) is 0. The second kappa shape index (κ2) is 12.1. The molecule has 0 aliphatic carbocycles. The van der Waals surface area contributed by atoms with Crippen LogP contribution in [0.15, 0.2) is 66.9 Å². The van der Waals surface area contributed by atoms with Crippen molar-refractivity contribution in [2.24, 2.45) is 5.73 Å². The van der Waals surface area contributed by atoms with Gasteiger partial charge in [0.25, 0.3) is 5.91 Å². The van der Waals surface area contributed by atoms with Gasteiger partial charge in [0.1, 0.15) is 28.8 Å². The van der Waals surface area contributed by atoms with E-state index in [0.717, 1.165) is 6.07 Å². The summed E-state index contributed by atoms with van der Waals surface area (Å²) < 4.78 is 27.0. The zero-order chi connectivity index (χ0) is 28.8. The van der Waals surface area contributed by atoms with Gasteiger partial charge in [0.05, 0.1) is 29.2 Å². The lowest BCUT2D eigenvalue weighted by Crippen LogP contribution is -2.22. The molecule has 3 amide bonds. The van der Waals surface area contributed by atoms with E-state index in [1.54, 1.807) is 37.3 Å². The van der Waals surface area contributed by atoms with Crippen LogP contribution in [-0.2, 0) is 4.74 Å². The number of hydrogen-bond acceptors (Lipinski definition) is 7. The molecule has 0 unspecified atom stereocenters. The molecule has 11 nitrogen and oxygen atoms in total. The highest BCUT2D eigenvalue weighted by Crippen LogP contribution is 2.27. The van der Waals surface area contributed by atoms with Gasteiger partial charge in [0, 0.05) is 24.4 Å². The number of primary amides is 1. The van der Waals surface area contributed by atoms with Crippen LogP contribution >= 0.6 is 0 Å². The number of anilines is 2. The maximum absolute atomic E-state index is 14.8. The van der Waals surface area contributed by atoms with Gasteiger partial charge in [-0.05, 0) is 49.2 Å². The van der Waals surface area contributed by atoms with Crippen LogP contribution < -0.4 is 21.1 Å². The average molecular weight is 547 g/mol. The molecule has 2 heterocycles. The third-order valence-corrected chi connectivity index (χ3v) is 5.57. The number of urea groups is 1. The van der Waals surface area contributed by atoms with E-state index in [0.29, 0.717) is 22.8 Å². The Labute approximate surface area is 229 Å². The van der Waals surface area contributed by atoms with Crippen LogP contribution in [0.3, 0.4) is 0 Å². The van der Waals surface area contributed by atoms with Crippen LogP contribution in [0.5, 0.6) is 11.5 Å². The fourth-order valence-corrected chi connectivity index (χ4v) is 3.62. The molecular formula is C28H27FN6O5. The van der Waals surface area contributed by atoms with Crippen LogP contribution in [-0.4, -0.2) is 39.3 Å². The van der Waals surface area contributed by atoms with Crippen molar-refractivity contribution < 1.29 is 28.2 Å². The SMILES string of the molecule is CCOC(=O)c1cccc(-n2nc(C(C)C)cc2NC(=O)Nc2ccc(Oc3ccnc(C(N)=O)c3)cc2F)c1. The molecule has 40 heavy (non-hydrogen) atoms. The van der Waals surface area contributed by atoms with E-state index in [2.05, 4.69) is 20.7 Å². The van der Waals surface area contributed by atoms with Gasteiger partial charge in [0.2, 0.25) is 0 Å². The molecule has 0 aliphatic rings. The smallest absolute Gasteiger partial charge is 0.338 e. The van der Waals surface area contributed by atoms with E-state index in [1.165, 1.54) is 35.1 Å². The predicted octanol–water partition coefficient (Wildman–Crippen LogP) is 5.24. The van der Waals surface area contributed by atoms with Gasteiger partial charge in [-0.2, -0.15) is 5.10 Å². The molecule has 4 aromatic rings. The Kier molecular flexibility index (Phi) is 8.38. The molecule has 2 aromatic carbocycles. The quantitative estimate of drug-likeness (QED) is 0.243. The number of ether oxygens (including phenoxy) is 2. The molecule has 4 rings (SSSR count). The Hall–Kier alpha value is -5.26. The number of amides is 3. The molecule has 0 bridgehead atoms. The number of carbonyl (C=O) groups excluding carboxylic acids is 3. The number of rotatable bonds is 9. The van der Waals surface area contributed by atoms with Crippen LogP contribution in [0.4, 0.5) is 20.7 Å². The molecule has 12 heteroatoms. The number of nitrogens with two attached hydrogens (primary N) is 1. The molecule has 0 spiro atoms. The Morgan fingerprint density at radius 1 is 1.02 bits per heavy atom. The first-order valence-corrected chi connectivity index (χ1v) is 12.3. The molecule has 0 radical (unpaired) electrons. The maximum atomic E-state index is 14.8. The third kappa shape index (κ3) is 6.59. The minimum atomic E-state index is -0.754. The van der Waals surface area contributed by atoms with E-state index in [-0.39, 0.29) is 35.4 Å². The molecule has 2 aromatic heterocycles. The second-order valence-corrected chi connectivity index (χ2v) is 8.86. The number of pyridine rings is 1. The van der Waals surface area contributed by atoms with Crippen molar-refractivity contribution in [3.05, 3.63) is 89.6 Å². The largest absolute Gasteiger partial charge is 0.462 e. The summed E-state index contributed by atoms with van der Waals surface area (Å²) in [6.07, 6.45) is 1.34. The first-order chi connectivity index (χ1) is 19.1. The molecule has 0 saturated heterocycles. The van der Waals surface area contributed by atoms with Crippen LogP contribution in [0.2, 0.25) is 0 Å². The van der Waals surface area contributed by atoms with E-state index in [4.69, 9.17) is 15.2 Å². The van der Waals surface area contributed by atoms with Crippen molar-refractivity contribution in [3.63, 3.8) is 0 Å². The lowest BCUT2D eigenvalue weighted by molar-refractivity contribution is 0.0526. The number of esters is 1. The molecule has 0 saturated carbocycles. The van der Waals surface area contributed by atoms with Crippen LogP contribution in [0.25, 0.3) is 5.69 Å². The van der Waals surface area contributed by atoms with E-state index < -0.39 is 23.7 Å². The van der Waals surface area contributed by atoms with Crippen molar-refractivity contribution in [1.29, 1.82) is 0 Å². The zero-order valence-electron chi connectivity index (χ0n) is 22.0. The van der Waals surface area contributed by atoms with Gasteiger partial charge in [-0.25, -0.2) is 18.7 Å². The normalized spacial score (nSPS) is 10.7. The van der Waals surface area contributed by atoms with Crippen molar-refractivity contribution in [3.8, 4) is 17.2 Å². The predicted molar refractivity (Wildman–Crippen MR) is 145 cm³/mol. The summed E-state index contributed by atoms with van der Waals surface area (Å²) in [5.74, 6) is -1.23. The first-order valence-electron chi connectivity index (χ1n) is 12.3. The first kappa shape index (κ1) is 27.8. The number of hydrogen-bond donors (Lipinski definition) is 3. The summed E-state index contributed by atoms with van der Waals surface area (Å²) in [5, 5.41) is 9.73. The standard InChI is InChI=1S/C28H27FN6O5/c1-4-39-27(37)17-6-5-7-18(12-17)35-25(15-23(34-35)16(2)3)33-28(38)32-22-9-8-19(13-21(22)29)40-20-10-11-31-24(14-20)26(30)36/h5-16H,4H2,1-3H3,(H2,30,36)(H2,32,33,38). The summed E-state index contributed by atoms with van der Waals surface area (Å²) in [5.41, 5.74) is 6.67. The number of carbonyl (C=O) groups is 3. The number of nitrogens with zero attached hydrogens (tertiary/aromatic N) is 3. The minimum Gasteiger partial charge on any atom is -0.462 e. The van der Waals surface area contributed by atoms with Crippen molar-refractivity contribution in [2.75, 3.05) is 17.2 Å². The fourth-order valence-electron chi connectivity index (χ4n) is 3.62. The third-order valence-electron chi connectivity index (χ3n) is 5.57. The number of benzene rings is 2. The van der Waals surface area contributed by atoms with Crippen LogP contribution in [0, 0.1) is 5.82 Å². The monoisotopic (exact) mass is 546 g/mol. The number of aromatic nitrogens is 3. The van der Waals surface area contributed by atoms with Gasteiger partial charge in [-0.1, -0.05) is 19.9 Å². The lowest BCUT2D eigenvalue weighted by atomic mass is 10.1.